The standard InChI is InChI=1S/C3H3BrFN3/c4-3-1-8(2-5)7-6-3/h1H,2H2. The molecular formula is C3H3BrFN3. The van der Waals surface area contributed by atoms with Crippen molar-refractivity contribution in [1.29, 1.82) is 0 Å². The van der Waals surface area contributed by atoms with Crippen LogP contribution in [0, 0.1) is 0 Å². The normalized spacial score (nSPS) is 9.75. The maximum Gasteiger partial charge on any atom is 0.183 e. The molecule has 1 heterocycles. The molecule has 0 saturated carbocycles. The lowest BCUT2D eigenvalue weighted by Crippen LogP contribution is -1.91. The van der Waals surface area contributed by atoms with Crippen molar-refractivity contribution in [3.63, 3.8) is 0 Å². The highest BCUT2D eigenvalue weighted by Crippen LogP contribution is 2.00. The van der Waals surface area contributed by atoms with E-state index in [2.05, 4.69) is 26.2 Å². The summed E-state index contributed by atoms with van der Waals surface area (Å²) in [7, 11) is 0. The van der Waals surface area contributed by atoms with Gasteiger partial charge in [-0.3, -0.25) is 0 Å². The van der Waals surface area contributed by atoms with Crippen LogP contribution < -0.4 is 0 Å². The molecule has 0 aromatic carbocycles. The van der Waals surface area contributed by atoms with Gasteiger partial charge in [0.25, 0.3) is 0 Å². The highest BCUT2D eigenvalue weighted by atomic mass is 79.9. The Morgan fingerprint density at radius 3 is 2.88 bits per heavy atom. The summed E-state index contributed by atoms with van der Waals surface area (Å²) < 4.78 is 13.2. The Bertz CT molecular complexity index is 175. The Balaban J connectivity index is 2.84. The van der Waals surface area contributed by atoms with Crippen LogP contribution in [0.15, 0.2) is 10.8 Å². The molecule has 0 amide bonds. The SMILES string of the molecule is FCn1cc(Br)nn1. The van der Waals surface area contributed by atoms with Crippen molar-refractivity contribution in [2.45, 2.75) is 6.80 Å². The molecule has 0 fully saturated rings. The molecule has 3 nitrogen and oxygen atoms in total. The molecular weight excluding hydrogens is 177 g/mol. The minimum atomic E-state index is -0.626. The van der Waals surface area contributed by atoms with Crippen LogP contribution in [0.4, 0.5) is 4.39 Å². The Morgan fingerprint density at radius 2 is 2.62 bits per heavy atom. The predicted molar refractivity (Wildman–Crippen MR) is 28.8 cm³/mol. The van der Waals surface area contributed by atoms with Crippen molar-refractivity contribution in [3.05, 3.63) is 10.8 Å². The lowest BCUT2D eigenvalue weighted by molar-refractivity contribution is 0.343. The molecule has 0 unspecified atom stereocenters. The van der Waals surface area contributed by atoms with E-state index in [9.17, 15) is 4.39 Å². The average Bonchev–Trinajstić information content (AvgIpc) is 2.14. The van der Waals surface area contributed by atoms with Crippen molar-refractivity contribution >= 4 is 15.9 Å². The van der Waals surface area contributed by atoms with Crippen LogP contribution in [0.5, 0.6) is 0 Å². The second-order valence-electron chi connectivity index (χ2n) is 1.20. The van der Waals surface area contributed by atoms with E-state index in [1.54, 1.807) is 0 Å². The summed E-state index contributed by atoms with van der Waals surface area (Å²) in [6.07, 6.45) is 1.46. The molecule has 1 aromatic heterocycles. The monoisotopic (exact) mass is 179 g/mol. The smallest absolute Gasteiger partial charge is 0.183 e. The van der Waals surface area contributed by atoms with E-state index in [0.29, 0.717) is 4.60 Å². The molecule has 0 N–H and O–H groups in total. The third-order valence-electron chi connectivity index (χ3n) is 0.633. The molecule has 44 valence electrons. The van der Waals surface area contributed by atoms with Gasteiger partial charge in [-0.15, -0.1) is 5.10 Å². The van der Waals surface area contributed by atoms with Crippen LogP contribution in [0.3, 0.4) is 0 Å². The summed E-state index contributed by atoms with van der Waals surface area (Å²) in [4.78, 5) is 0. The molecule has 8 heavy (non-hydrogen) atoms. The Hall–Kier alpha value is -0.450. The quantitative estimate of drug-likeness (QED) is 0.644. The van der Waals surface area contributed by atoms with E-state index in [0.717, 1.165) is 4.68 Å². The average molecular weight is 180 g/mol. The van der Waals surface area contributed by atoms with Gasteiger partial charge >= 0.3 is 0 Å². The molecule has 0 atom stereocenters. The molecule has 0 radical (unpaired) electrons. The van der Waals surface area contributed by atoms with E-state index in [1.165, 1.54) is 6.20 Å². The molecule has 0 saturated heterocycles. The summed E-state index contributed by atoms with van der Waals surface area (Å²) >= 11 is 3.01. The lowest BCUT2D eigenvalue weighted by Gasteiger charge is -1.82. The number of nitrogens with zero attached hydrogens (tertiary/aromatic N) is 3. The molecule has 1 rings (SSSR count). The maximum atomic E-state index is 11.6. The van der Waals surface area contributed by atoms with Crippen LogP contribution in [0.1, 0.15) is 0 Å². The highest BCUT2D eigenvalue weighted by molar-refractivity contribution is 9.10. The summed E-state index contributed by atoms with van der Waals surface area (Å²) in [5.41, 5.74) is 0. The molecule has 0 bridgehead atoms. The van der Waals surface area contributed by atoms with Crippen molar-refractivity contribution in [3.8, 4) is 0 Å². The molecule has 0 aliphatic carbocycles. The molecule has 0 aliphatic rings. The fraction of sp³-hybridized carbons (Fsp3) is 0.333. The zero-order valence-corrected chi connectivity index (χ0v) is 5.47. The van der Waals surface area contributed by atoms with Crippen molar-refractivity contribution < 1.29 is 4.39 Å². The Morgan fingerprint density at radius 1 is 1.88 bits per heavy atom. The molecule has 1 aromatic rings. The first kappa shape index (κ1) is 5.68. The lowest BCUT2D eigenvalue weighted by atomic mass is 10.9. The maximum absolute atomic E-state index is 11.6. The van der Waals surface area contributed by atoms with Gasteiger partial charge in [-0.05, 0) is 15.9 Å². The number of alkyl halides is 1. The second-order valence-corrected chi connectivity index (χ2v) is 2.01. The van der Waals surface area contributed by atoms with E-state index in [-0.39, 0.29) is 0 Å². The molecule has 5 heteroatoms. The number of aromatic nitrogens is 3. The first-order valence-electron chi connectivity index (χ1n) is 1.94. The molecule has 0 aliphatic heterocycles. The van der Waals surface area contributed by atoms with Crippen LogP contribution in [-0.4, -0.2) is 15.0 Å². The first-order valence-corrected chi connectivity index (χ1v) is 2.74. The summed E-state index contributed by atoms with van der Waals surface area (Å²) in [6, 6.07) is 0. The van der Waals surface area contributed by atoms with Crippen molar-refractivity contribution in [2.24, 2.45) is 0 Å². The van der Waals surface area contributed by atoms with E-state index < -0.39 is 6.80 Å². The number of hydrogen-bond acceptors (Lipinski definition) is 2. The zero-order chi connectivity index (χ0) is 5.98. The fourth-order valence-corrected chi connectivity index (χ4v) is 0.640. The van der Waals surface area contributed by atoms with E-state index in [4.69, 9.17) is 0 Å². The Labute approximate surface area is 53.6 Å². The van der Waals surface area contributed by atoms with Gasteiger partial charge in [-0.25, -0.2) is 9.07 Å². The number of rotatable bonds is 1. The van der Waals surface area contributed by atoms with Gasteiger partial charge in [0.1, 0.15) is 4.60 Å². The van der Waals surface area contributed by atoms with Crippen LogP contribution in [0.2, 0.25) is 0 Å². The highest BCUT2D eigenvalue weighted by Gasteiger charge is 1.91. The summed E-state index contributed by atoms with van der Waals surface area (Å²) in [6.45, 7) is -0.626. The topological polar surface area (TPSA) is 30.7 Å². The minimum Gasteiger partial charge on any atom is -0.225 e. The van der Waals surface area contributed by atoms with E-state index >= 15 is 0 Å². The van der Waals surface area contributed by atoms with Crippen LogP contribution in [0.25, 0.3) is 0 Å². The van der Waals surface area contributed by atoms with Gasteiger partial charge in [-0.2, -0.15) is 0 Å². The van der Waals surface area contributed by atoms with Gasteiger partial charge in [0, 0.05) is 0 Å². The van der Waals surface area contributed by atoms with Gasteiger partial charge in [-0.1, -0.05) is 5.21 Å². The van der Waals surface area contributed by atoms with Gasteiger partial charge < -0.3 is 0 Å². The fourth-order valence-electron chi connectivity index (χ4n) is 0.333. The third kappa shape index (κ3) is 1.03. The largest absolute Gasteiger partial charge is 0.225 e. The minimum absolute atomic E-state index is 0.551. The molecule has 0 spiro atoms. The van der Waals surface area contributed by atoms with Gasteiger partial charge in [0.05, 0.1) is 6.20 Å². The summed E-state index contributed by atoms with van der Waals surface area (Å²) in [5, 5.41) is 6.86. The predicted octanol–water partition coefficient (Wildman–Crippen LogP) is 0.968. The second kappa shape index (κ2) is 2.21. The summed E-state index contributed by atoms with van der Waals surface area (Å²) in [5.74, 6) is 0. The zero-order valence-electron chi connectivity index (χ0n) is 3.88. The number of halogens is 2. The van der Waals surface area contributed by atoms with E-state index in [1.807, 2.05) is 0 Å². The van der Waals surface area contributed by atoms with Gasteiger partial charge in [0.2, 0.25) is 0 Å². The van der Waals surface area contributed by atoms with Crippen molar-refractivity contribution in [1.82, 2.24) is 15.0 Å². The van der Waals surface area contributed by atoms with Crippen LogP contribution >= 0.6 is 15.9 Å². The van der Waals surface area contributed by atoms with Gasteiger partial charge in [0.15, 0.2) is 6.80 Å². The van der Waals surface area contributed by atoms with Crippen molar-refractivity contribution in [2.75, 3.05) is 0 Å². The Kier molecular flexibility index (Phi) is 1.57. The first-order chi connectivity index (χ1) is 3.83. The number of hydrogen-bond donors (Lipinski definition) is 0. The van der Waals surface area contributed by atoms with Crippen LogP contribution in [-0.2, 0) is 6.80 Å². The third-order valence-corrected chi connectivity index (χ3v) is 0.997.